The molecule has 0 amide bonds. The van der Waals surface area contributed by atoms with E-state index in [1.54, 1.807) is 0 Å². The van der Waals surface area contributed by atoms with E-state index in [9.17, 15) is 0 Å². The van der Waals surface area contributed by atoms with Gasteiger partial charge in [-0.1, -0.05) is 66.5 Å². The highest BCUT2D eigenvalue weighted by molar-refractivity contribution is 9.08. The van der Waals surface area contributed by atoms with Crippen molar-refractivity contribution in [2.24, 2.45) is 0 Å². The highest BCUT2D eigenvalue weighted by Gasteiger charge is 2.17. The van der Waals surface area contributed by atoms with Gasteiger partial charge in [-0.25, -0.2) is 0 Å². The molecule has 21 heavy (non-hydrogen) atoms. The van der Waals surface area contributed by atoms with Gasteiger partial charge in [-0.05, 0) is 41.7 Å². The maximum Gasteiger partial charge on any atom is 0.132 e. The van der Waals surface area contributed by atoms with Gasteiger partial charge in [0.05, 0.1) is 0 Å². The topological polar surface area (TPSA) is 9.23 Å². The van der Waals surface area contributed by atoms with Crippen LogP contribution in [0.5, 0.6) is 11.5 Å². The summed E-state index contributed by atoms with van der Waals surface area (Å²) in [5, 5.41) is 1.39. The summed E-state index contributed by atoms with van der Waals surface area (Å²) in [7, 11) is 0. The van der Waals surface area contributed by atoms with Crippen molar-refractivity contribution in [3.8, 4) is 11.5 Å². The predicted octanol–water partition coefficient (Wildman–Crippen LogP) is 6.71. The van der Waals surface area contributed by atoms with Crippen LogP contribution in [0.25, 0.3) is 0 Å². The molecule has 1 nitrogen and oxygen atoms in total. The fraction of sp³-hybridized carbons (Fsp3) is 0.333. The van der Waals surface area contributed by atoms with Gasteiger partial charge in [0.15, 0.2) is 0 Å². The summed E-state index contributed by atoms with van der Waals surface area (Å²) in [6.07, 6.45) is 1.11. The Hall–Kier alpha value is -0.990. The van der Waals surface area contributed by atoms with Crippen LogP contribution in [0.15, 0.2) is 42.5 Å². The molecule has 0 unspecified atom stereocenters. The molecule has 0 saturated carbocycles. The van der Waals surface area contributed by atoms with Crippen molar-refractivity contribution < 1.29 is 4.74 Å². The quantitative estimate of drug-likeness (QED) is 0.533. The van der Waals surface area contributed by atoms with E-state index < -0.39 is 0 Å². The molecule has 0 radical (unpaired) electrons. The molecule has 112 valence electrons. The molecule has 0 N–H and O–H groups in total. The number of alkyl halides is 1. The summed E-state index contributed by atoms with van der Waals surface area (Å²) in [5.41, 5.74) is 2.48. The normalized spacial score (nSPS) is 11.5. The van der Waals surface area contributed by atoms with Crippen molar-refractivity contribution in [3.05, 3.63) is 58.6 Å². The Kier molecular flexibility index (Phi) is 5.34. The fourth-order valence-electron chi connectivity index (χ4n) is 2.07. The van der Waals surface area contributed by atoms with Gasteiger partial charge in [-0.15, -0.1) is 0 Å². The molecule has 0 aliphatic heterocycles. The minimum absolute atomic E-state index is 0.190. The number of ether oxygens (including phenoxy) is 1. The molecule has 0 aliphatic carbocycles. The smallest absolute Gasteiger partial charge is 0.132 e. The maximum atomic E-state index is 6.19. The van der Waals surface area contributed by atoms with Gasteiger partial charge in [0.1, 0.15) is 11.5 Å². The summed E-state index contributed by atoms with van der Waals surface area (Å²) in [5.74, 6) is 1.62. The molecule has 2 aromatic rings. The largest absolute Gasteiger partial charge is 0.457 e. The fourth-order valence-corrected chi connectivity index (χ4v) is 3.04. The first-order chi connectivity index (χ1) is 9.97. The highest BCUT2D eigenvalue weighted by atomic mass is 79.9. The zero-order valence-corrected chi connectivity index (χ0v) is 15.0. The van der Waals surface area contributed by atoms with Crippen molar-refractivity contribution in [1.82, 2.24) is 0 Å². The summed E-state index contributed by atoms with van der Waals surface area (Å²) in [4.78, 5) is 0. The second-order valence-corrected chi connectivity index (χ2v) is 6.68. The van der Waals surface area contributed by atoms with Crippen LogP contribution in [0.2, 0.25) is 5.02 Å². The molecule has 0 aliphatic rings. The van der Waals surface area contributed by atoms with Crippen molar-refractivity contribution in [1.29, 1.82) is 0 Å². The third-order valence-electron chi connectivity index (χ3n) is 3.96. The number of hydrogen-bond acceptors (Lipinski definition) is 1. The first-order valence-corrected chi connectivity index (χ1v) is 8.59. The van der Waals surface area contributed by atoms with Crippen LogP contribution in [-0.4, -0.2) is 0 Å². The molecule has 0 bridgehead atoms. The molecule has 2 aromatic carbocycles. The predicted molar refractivity (Wildman–Crippen MR) is 93.9 cm³/mol. The van der Waals surface area contributed by atoms with E-state index in [1.165, 1.54) is 5.56 Å². The Morgan fingerprint density at radius 3 is 2.33 bits per heavy atom. The third kappa shape index (κ3) is 3.81. The van der Waals surface area contributed by atoms with E-state index in [0.717, 1.165) is 23.5 Å². The van der Waals surface area contributed by atoms with Gasteiger partial charge in [0.2, 0.25) is 0 Å². The third-order valence-corrected chi connectivity index (χ3v) is 4.87. The van der Waals surface area contributed by atoms with Crippen LogP contribution in [0.4, 0.5) is 0 Å². The molecule has 0 fully saturated rings. The monoisotopic (exact) mass is 366 g/mol. The van der Waals surface area contributed by atoms with Gasteiger partial charge in [0.25, 0.3) is 0 Å². The van der Waals surface area contributed by atoms with Crippen LogP contribution in [0.1, 0.15) is 38.3 Å². The molecular formula is C18H20BrClO. The Morgan fingerprint density at radius 2 is 1.76 bits per heavy atom. The molecule has 0 atom stereocenters. The molecule has 0 heterocycles. The Bertz CT molecular complexity index is 605. The van der Waals surface area contributed by atoms with Crippen molar-refractivity contribution in [2.45, 2.75) is 37.9 Å². The first-order valence-electron chi connectivity index (χ1n) is 7.09. The molecule has 0 spiro atoms. The van der Waals surface area contributed by atoms with Crippen molar-refractivity contribution in [3.63, 3.8) is 0 Å². The molecule has 2 rings (SSSR count). The van der Waals surface area contributed by atoms with E-state index in [1.807, 2.05) is 30.3 Å². The van der Waals surface area contributed by atoms with Crippen LogP contribution < -0.4 is 4.74 Å². The van der Waals surface area contributed by atoms with E-state index in [2.05, 4.69) is 48.8 Å². The Labute approximate surface area is 140 Å². The van der Waals surface area contributed by atoms with Crippen LogP contribution in [0, 0.1) is 0 Å². The van der Waals surface area contributed by atoms with E-state index in [4.69, 9.17) is 16.3 Å². The zero-order chi connectivity index (χ0) is 15.5. The number of halogens is 2. The molecule has 0 aromatic heterocycles. The summed E-state index contributed by atoms with van der Waals surface area (Å²) in [6.45, 7) is 6.71. The average molecular weight is 368 g/mol. The summed E-state index contributed by atoms with van der Waals surface area (Å²) >= 11 is 9.64. The van der Waals surface area contributed by atoms with Gasteiger partial charge in [-0.3, -0.25) is 0 Å². The average Bonchev–Trinajstić information content (AvgIpc) is 2.48. The van der Waals surface area contributed by atoms with Gasteiger partial charge in [-0.2, -0.15) is 0 Å². The van der Waals surface area contributed by atoms with Gasteiger partial charge < -0.3 is 4.74 Å². The van der Waals surface area contributed by atoms with Crippen LogP contribution >= 0.6 is 27.5 Å². The molecular weight excluding hydrogens is 348 g/mol. The second-order valence-electron chi connectivity index (χ2n) is 5.71. The molecule has 3 heteroatoms. The SMILES string of the molecule is CCC(C)(C)c1ccc(Oc2cccc(Cl)c2CBr)cc1. The Balaban J connectivity index is 2.24. The number of hydrogen-bond donors (Lipinski definition) is 0. The maximum absolute atomic E-state index is 6.19. The number of benzene rings is 2. The minimum Gasteiger partial charge on any atom is -0.457 e. The van der Waals surface area contributed by atoms with Crippen LogP contribution in [-0.2, 0) is 10.7 Å². The van der Waals surface area contributed by atoms with E-state index in [0.29, 0.717) is 10.4 Å². The van der Waals surface area contributed by atoms with Crippen LogP contribution in [0.3, 0.4) is 0 Å². The van der Waals surface area contributed by atoms with Gasteiger partial charge in [0, 0.05) is 15.9 Å². The van der Waals surface area contributed by atoms with E-state index >= 15 is 0 Å². The zero-order valence-electron chi connectivity index (χ0n) is 12.6. The highest BCUT2D eigenvalue weighted by Crippen LogP contribution is 2.33. The standard InChI is InChI=1S/C18H20BrClO/c1-4-18(2,3)13-8-10-14(11-9-13)21-17-7-5-6-16(20)15(17)12-19/h5-11H,4,12H2,1-3H3. The summed E-state index contributed by atoms with van der Waals surface area (Å²) in [6, 6.07) is 14.0. The number of rotatable bonds is 5. The van der Waals surface area contributed by atoms with Crippen molar-refractivity contribution in [2.75, 3.05) is 0 Å². The lowest BCUT2D eigenvalue weighted by Crippen LogP contribution is -2.14. The van der Waals surface area contributed by atoms with Gasteiger partial charge >= 0.3 is 0 Å². The summed E-state index contributed by atoms with van der Waals surface area (Å²) < 4.78 is 5.97. The molecule has 0 saturated heterocycles. The second kappa shape index (κ2) is 6.85. The lowest BCUT2D eigenvalue weighted by atomic mass is 9.82. The minimum atomic E-state index is 0.190. The van der Waals surface area contributed by atoms with E-state index in [-0.39, 0.29) is 5.41 Å². The Morgan fingerprint density at radius 1 is 1.10 bits per heavy atom. The lowest BCUT2D eigenvalue weighted by molar-refractivity contribution is 0.474. The van der Waals surface area contributed by atoms with Crippen molar-refractivity contribution >= 4 is 27.5 Å². The lowest BCUT2D eigenvalue weighted by Gasteiger charge is -2.23. The first kappa shape index (κ1) is 16.4.